The van der Waals surface area contributed by atoms with Gasteiger partial charge in [0.1, 0.15) is 5.75 Å². The number of carbonyl (C=O) groups excluding carboxylic acids is 1. The van der Waals surface area contributed by atoms with Gasteiger partial charge >= 0.3 is 0 Å². The molecule has 2 rings (SSSR count). The highest BCUT2D eigenvalue weighted by Crippen LogP contribution is 2.25. The summed E-state index contributed by atoms with van der Waals surface area (Å²) < 4.78 is 11.7. The Kier molecular flexibility index (Phi) is 4.99. The quantitative estimate of drug-likeness (QED) is 0.845. The summed E-state index contributed by atoms with van der Waals surface area (Å²) in [6.07, 6.45) is -1.16. The molecule has 2 atom stereocenters. The number of ether oxygens (including phenoxy) is 2. The molecule has 106 valence electrons. The molecule has 5 nitrogen and oxygen atoms in total. The third-order valence-electron chi connectivity index (χ3n) is 3.01. The van der Waals surface area contributed by atoms with E-state index in [0.717, 1.165) is 4.47 Å². The van der Waals surface area contributed by atoms with Gasteiger partial charge in [-0.15, -0.1) is 0 Å². The SMILES string of the molecule is C[C@H](Oc1ccccc1Br)C(=O)N1CCO[C@H](C#N)C1. The molecule has 1 fully saturated rings. The smallest absolute Gasteiger partial charge is 0.263 e. The van der Waals surface area contributed by atoms with Crippen molar-refractivity contribution in [2.75, 3.05) is 19.7 Å². The first-order valence-corrected chi connectivity index (χ1v) is 7.12. The summed E-state index contributed by atoms with van der Waals surface area (Å²) in [5, 5.41) is 8.85. The van der Waals surface area contributed by atoms with Gasteiger partial charge < -0.3 is 14.4 Å². The molecule has 1 amide bonds. The zero-order valence-electron chi connectivity index (χ0n) is 11.1. The highest BCUT2D eigenvalue weighted by molar-refractivity contribution is 9.10. The fourth-order valence-corrected chi connectivity index (χ4v) is 2.34. The van der Waals surface area contributed by atoms with Gasteiger partial charge in [-0.1, -0.05) is 12.1 Å². The van der Waals surface area contributed by atoms with Crippen molar-refractivity contribution in [2.24, 2.45) is 0 Å². The maximum absolute atomic E-state index is 12.3. The van der Waals surface area contributed by atoms with E-state index >= 15 is 0 Å². The molecule has 0 spiro atoms. The first-order valence-electron chi connectivity index (χ1n) is 6.33. The molecule has 1 saturated heterocycles. The molecule has 0 aliphatic carbocycles. The molecule has 0 saturated carbocycles. The van der Waals surface area contributed by atoms with Gasteiger partial charge in [0.2, 0.25) is 0 Å². The molecule has 0 radical (unpaired) electrons. The Bertz CT molecular complexity index is 529. The van der Waals surface area contributed by atoms with Crippen molar-refractivity contribution in [3.63, 3.8) is 0 Å². The molecule has 0 unspecified atom stereocenters. The molecule has 1 aromatic rings. The number of amides is 1. The van der Waals surface area contributed by atoms with E-state index in [2.05, 4.69) is 15.9 Å². The topological polar surface area (TPSA) is 62.6 Å². The van der Waals surface area contributed by atoms with Crippen LogP contribution >= 0.6 is 15.9 Å². The van der Waals surface area contributed by atoms with Crippen molar-refractivity contribution in [3.05, 3.63) is 28.7 Å². The Balaban J connectivity index is 1.99. The van der Waals surface area contributed by atoms with Gasteiger partial charge in [0.15, 0.2) is 12.2 Å². The lowest BCUT2D eigenvalue weighted by Crippen LogP contribution is -2.49. The Morgan fingerprint density at radius 2 is 2.35 bits per heavy atom. The van der Waals surface area contributed by atoms with Gasteiger partial charge in [0.05, 0.1) is 23.7 Å². The molecular formula is C14H15BrN2O3. The van der Waals surface area contributed by atoms with E-state index in [1.807, 2.05) is 24.3 Å². The summed E-state index contributed by atoms with van der Waals surface area (Å²) in [7, 11) is 0. The van der Waals surface area contributed by atoms with E-state index < -0.39 is 12.2 Å². The second-order valence-electron chi connectivity index (χ2n) is 4.46. The highest BCUT2D eigenvalue weighted by Gasteiger charge is 2.28. The number of para-hydroxylation sites is 1. The number of nitriles is 1. The molecule has 0 N–H and O–H groups in total. The fourth-order valence-electron chi connectivity index (χ4n) is 1.97. The van der Waals surface area contributed by atoms with Crippen LogP contribution in [0.15, 0.2) is 28.7 Å². The second kappa shape index (κ2) is 6.73. The molecule has 20 heavy (non-hydrogen) atoms. The third kappa shape index (κ3) is 3.50. The molecule has 1 heterocycles. The Morgan fingerprint density at radius 3 is 3.05 bits per heavy atom. The Hall–Kier alpha value is -1.58. The number of carbonyl (C=O) groups is 1. The average Bonchev–Trinajstić information content (AvgIpc) is 2.48. The van der Waals surface area contributed by atoms with E-state index in [0.29, 0.717) is 25.4 Å². The predicted octanol–water partition coefficient (Wildman–Crippen LogP) is 1.97. The summed E-state index contributed by atoms with van der Waals surface area (Å²) in [6.45, 7) is 2.87. The van der Waals surface area contributed by atoms with Crippen molar-refractivity contribution in [2.45, 2.75) is 19.1 Å². The monoisotopic (exact) mass is 338 g/mol. The van der Waals surface area contributed by atoms with E-state index in [9.17, 15) is 4.79 Å². The van der Waals surface area contributed by atoms with Crippen LogP contribution in [0.5, 0.6) is 5.75 Å². The molecular weight excluding hydrogens is 324 g/mol. The number of benzene rings is 1. The van der Waals surface area contributed by atoms with Crippen molar-refractivity contribution in [1.29, 1.82) is 5.26 Å². The minimum Gasteiger partial charge on any atom is -0.480 e. The summed E-state index contributed by atoms with van der Waals surface area (Å²) in [5.74, 6) is 0.489. The van der Waals surface area contributed by atoms with Crippen molar-refractivity contribution < 1.29 is 14.3 Å². The summed E-state index contributed by atoms with van der Waals surface area (Å²) in [4.78, 5) is 13.9. The minimum atomic E-state index is -0.605. The maximum atomic E-state index is 12.3. The lowest BCUT2D eigenvalue weighted by atomic mass is 10.2. The van der Waals surface area contributed by atoms with Crippen LogP contribution in [0.2, 0.25) is 0 Å². The van der Waals surface area contributed by atoms with Crippen LogP contribution in [0.4, 0.5) is 0 Å². The summed E-state index contributed by atoms with van der Waals surface area (Å²) >= 11 is 3.38. The third-order valence-corrected chi connectivity index (χ3v) is 3.67. The first kappa shape index (κ1) is 14.8. The van der Waals surface area contributed by atoms with Gasteiger partial charge in [-0.3, -0.25) is 4.79 Å². The van der Waals surface area contributed by atoms with Crippen molar-refractivity contribution in [3.8, 4) is 11.8 Å². The summed E-state index contributed by atoms with van der Waals surface area (Å²) in [5.41, 5.74) is 0. The first-order chi connectivity index (χ1) is 9.61. The van der Waals surface area contributed by atoms with E-state index in [-0.39, 0.29) is 5.91 Å². The van der Waals surface area contributed by atoms with Crippen LogP contribution < -0.4 is 4.74 Å². The number of hydrogen-bond donors (Lipinski definition) is 0. The summed E-state index contributed by atoms with van der Waals surface area (Å²) in [6, 6.07) is 9.40. The number of rotatable bonds is 3. The molecule has 0 bridgehead atoms. The zero-order chi connectivity index (χ0) is 14.5. The van der Waals surface area contributed by atoms with Crippen LogP contribution in [0.3, 0.4) is 0 Å². The lowest BCUT2D eigenvalue weighted by molar-refractivity contribution is -0.143. The van der Waals surface area contributed by atoms with Crippen LogP contribution in [0.1, 0.15) is 6.92 Å². The standard InChI is InChI=1S/C14H15BrN2O3/c1-10(20-13-5-3-2-4-12(13)15)14(18)17-6-7-19-11(8-16)9-17/h2-5,10-11H,6-7,9H2,1H3/t10-,11+/m0/s1. The van der Waals surface area contributed by atoms with Gasteiger partial charge in [-0.2, -0.15) is 5.26 Å². The molecule has 1 aliphatic heterocycles. The van der Waals surface area contributed by atoms with Crippen LogP contribution in [0, 0.1) is 11.3 Å². The molecule has 1 aliphatic rings. The molecule has 0 aromatic heterocycles. The predicted molar refractivity (Wildman–Crippen MR) is 76.2 cm³/mol. The van der Waals surface area contributed by atoms with Crippen molar-refractivity contribution in [1.82, 2.24) is 4.90 Å². The zero-order valence-corrected chi connectivity index (χ0v) is 12.7. The lowest BCUT2D eigenvalue weighted by Gasteiger charge is -2.31. The van der Waals surface area contributed by atoms with Gasteiger partial charge in [0, 0.05) is 6.54 Å². The van der Waals surface area contributed by atoms with E-state index in [1.54, 1.807) is 17.9 Å². The average molecular weight is 339 g/mol. The van der Waals surface area contributed by atoms with Gasteiger partial charge in [0.25, 0.3) is 5.91 Å². The van der Waals surface area contributed by atoms with E-state index in [1.165, 1.54) is 0 Å². The Labute approximate surface area is 126 Å². The van der Waals surface area contributed by atoms with E-state index in [4.69, 9.17) is 14.7 Å². The fraction of sp³-hybridized carbons (Fsp3) is 0.429. The minimum absolute atomic E-state index is 0.135. The van der Waals surface area contributed by atoms with Gasteiger partial charge in [-0.25, -0.2) is 0 Å². The second-order valence-corrected chi connectivity index (χ2v) is 5.32. The number of nitrogens with zero attached hydrogens (tertiary/aromatic N) is 2. The van der Waals surface area contributed by atoms with Crippen LogP contribution in [-0.4, -0.2) is 42.7 Å². The maximum Gasteiger partial charge on any atom is 0.263 e. The largest absolute Gasteiger partial charge is 0.480 e. The highest BCUT2D eigenvalue weighted by atomic mass is 79.9. The van der Waals surface area contributed by atoms with Gasteiger partial charge in [-0.05, 0) is 35.0 Å². The number of hydrogen-bond acceptors (Lipinski definition) is 4. The molecule has 6 heteroatoms. The van der Waals surface area contributed by atoms with Crippen LogP contribution in [0.25, 0.3) is 0 Å². The number of halogens is 1. The van der Waals surface area contributed by atoms with Crippen LogP contribution in [-0.2, 0) is 9.53 Å². The Morgan fingerprint density at radius 1 is 1.60 bits per heavy atom. The normalized spacial score (nSPS) is 20.1. The number of morpholine rings is 1. The molecule has 1 aromatic carbocycles. The van der Waals surface area contributed by atoms with Crippen molar-refractivity contribution >= 4 is 21.8 Å².